The highest BCUT2D eigenvalue weighted by molar-refractivity contribution is 5.98. The van der Waals surface area contributed by atoms with E-state index in [1.807, 2.05) is 48.7 Å². The monoisotopic (exact) mass is 489 g/mol. The Labute approximate surface area is 220 Å². The van der Waals surface area contributed by atoms with Crippen LogP contribution in [0.2, 0.25) is 0 Å². The minimum atomic E-state index is 0.200. The van der Waals surface area contributed by atoms with Crippen molar-refractivity contribution in [2.45, 2.75) is 0 Å². The van der Waals surface area contributed by atoms with Crippen molar-refractivity contribution in [1.82, 2.24) is 14.5 Å². The predicted molar refractivity (Wildman–Crippen MR) is 154 cm³/mol. The van der Waals surface area contributed by atoms with Gasteiger partial charge in [-0.2, -0.15) is 0 Å². The number of hydrogen-bond acceptors (Lipinski definition) is 3. The summed E-state index contributed by atoms with van der Waals surface area (Å²) in [4.78, 5) is 9.87. The molecule has 180 valence electrons. The largest absolute Gasteiger partial charge is 0.507 e. The fraction of sp³-hybridized carbons (Fsp3) is 0. The van der Waals surface area contributed by atoms with Crippen LogP contribution in [0, 0.1) is 0 Å². The zero-order valence-electron chi connectivity index (χ0n) is 20.5. The van der Waals surface area contributed by atoms with Crippen LogP contribution in [0.4, 0.5) is 0 Å². The van der Waals surface area contributed by atoms with Gasteiger partial charge in [-0.05, 0) is 53.4 Å². The maximum absolute atomic E-state index is 10.7. The van der Waals surface area contributed by atoms with Gasteiger partial charge in [-0.3, -0.25) is 9.55 Å². The Bertz CT molecular complexity index is 1930. The standard InChI is InChI=1S/C34H23N3O/c38-31-19-7-6-16-29(31)34-36-33-28(17-9-18-30(33)37(34)26-13-2-1-3-14-26)24-11-8-12-25(22-24)32-27-15-5-4-10-23(27)20-21-35-32/h1-22,38H. The Kier molecular flexibility index (Phi) is 5.22. The van der Waals surface area contributed by atoms with Gasteiger partial charge in [0.1, 0.15) is 11.6 Å². The molecule has 0 atom stereocenters. The molecule has 0 aliphatic carbocycles. The van der Waals surface area contributed by atoms with Gasteiger partial charge in [0.25, 0.3) is 0 Å². The molecule has 4 heteroatoms. The van der Waals surface area contributed by atoms with Gasteiger partial charge < -0.3 is 5.11 Å². The van der Waals surface area contributed by atoms with Crippen molar-refractivity contribution in [2.24, 2.45) is 0 Å². The summed E-state index contributed by atoms with van der Waals surface area (Å²) in [6.07, 6.45) is 1.87. The zero-order valence-corrected chi connectivity index (χ0v) is 20.5. The average molecular weight is 490 g/mol. The molecule has 5 aromatic carbocycles. The van der Waals surface area contributed by atoms with Crippen molar-refractivity contribution in [3.8, 4) is 45.2 Å². The number of pyridine rings is 1. The Balaban J connectivity index is 1.47. The molecule has 0 amide bonds. The van der Waals surface area contributed by atoms with Gasteiger partial charge in [0, 0.05) is 28.4 Å². The number of hydrogen-bond donors (Lipinski definition) is 1. The number of fused-ring (bicyclic) bond motifs is 2. The molecule has 0 saturated heterocycles. The van der Waals surface area contributed by atoms with E-state index in [2.05, 4.69) is 83.4 Å². The predicted octanol–water partition coefficient (Wildman–Crippen LogP) is 8.28. The maximum atomic E-state index is 10.7. The summed E-state index contributed by atoms with van der Waals surface area (Å²) in [5.74, 6) is 0.897. The van der Waals surface area contributed by atoms with E-state index in [9.17, 15) is 5.11 Å². The summed E-state index contributed by atoms with van der Waals surface area (Å²) in [6, 6.07) is 42.6. The summed E-state index contributed by atoms with van der Waals surface area (Å²) in [5.41, 5.74) is 7.62. The van der Waals surface area contributed by atoms with Crippen molar-refractivity contribution >= 4 is 21.8 Å². The topological polar surface area (TPSA) is 50.9 Å². The minimum absolute atomic E-state index is 0.200. The van der Waals surface area contributed by atoms with E-state index in [1.54, 1.807) is 6.07 Å². The van der Waals surface area contributed by atoms with Crippen LogP contribution < -0.4 is 0 Å². The molecule has 2 aromatic heterocycles. The Morgan fingerprint density at radius 2 is 1.34 bits per heavy atom. The minimum Gasteiger partial charge on any atom is -0.507 e. The molecule has 4 nitrogen and oxygen atoms in total. The lowest BCUT2D eigenvalue weighted by molar-refractivity contribution is 0.477. The third-order valence-corrected chi connectivity index (χ3v) is 6.97. The second-order valence-electron chi connectivity index (χ2n) is 9.26. The molecule has 2 heterocycles. The summed E-state index contributed by atoms with van der Waals surface area (Å²) in [5, 5.41) is 13.0. The van der Waals surface area contributed by atoms with E-state index < -0.39 is 0 Å². The summed E-state index contributed by atoms with van der Waals surface area (Å²) >= 11 is 0. The molecule has 38 heavy (non-hydrogen) atoms. The number of nitrogens with zero attached hydrogens (tertiary/aromatic N) is 3. The van der Waals surface area contributed by atoms with Crippen molar-refractivity contribution in [2.75, 3.05) is 0 Å². The van der Waals surface area contributed by atoms with Gasteiger partial charge in [0.15, 0.2) is 0 Å². The van der Waals surface area contributed by atoms with Gasteiger partial charge in [-0.25, -0.2) is 4.98 Å². The van der Waals surface area contributed by atoms with Gasteiger partial charge in [-0.15, -0.1) is 0 Å². The van der Waals surface area contributed by atoms with Crippen LogP contribution in [0.5, 0.6) is 5.75 Å². The first-order valence-corrected chi connectivity index (χ1v) is 12.6. The summed E-state index contributed by atoms with van der Waals surface area (Å²) in [6.45, 7) is 0. The Morgan fingerprint density at radius 3 is 2.24 bits per heavy atom. The molecule has 7 rings (SSSR count). The van der Waals surface area contributed by atoms with E-state index in [4.69, 9.17) is 9.97 Å². The molecule has 0 bridgehead atoms. The fourth-order valence-electron chi connectivity index (χ4n) is 5.20. The second kappa shape index (κ2) is 9.02. The van der Waals surface area contributed by atoms with Gasteiger partial charge in [0.2, 0.25) is 0 Å². The Morgan fingerprint density at radius 1 is 0.605 bits per heavy atom. The molecule has 1 N–H and O–H groups in total. The fourth-order valence-corrected chi connectivity index (χ4v) is 5.20. The van der Waals surface area contributed by atoms with Crippen LogP contribution in [0.3, 0.4) is 0 Å². The third kappa shape index (κ3) is 3.62. The van der Waals surface area contributed by atoms with Crippen molar-refractivity contribution in [3.05, 3.63) is 134 Å². The van der Waals surface area contributed by atoms with Crippen LogP contribution in [0.25, 0.3) is 61.3 Å². The van der Waals surface area contributed by atoms with E-state index in [0.717, 1.165) is 44.5 Å². The molecule has 0 radical (unpaired) electrons. The molecule has 0 saturated carbocycles. The smallest absolute Gasteiger partial charge is 0.149 e. The first-order chi connectivity index (χ1) is 18.8. The first-order valence-electron chi connectivity index (χ1n) is 12.6. The average Bonchev–Trinajstić information content (AvgIpc) is 3.37. The molecule has 0 aliphatic heterocycles. The van der Waals surface area contributed by atoms with E-state index in [-0.39, 0.29) is 5.75 Å². The highest BCUT2D eigenvalue weighted by Gasteiger charge is 2.19. The first kappa shape index (κ1) is 22.0. The number of phenols is 1. The SMILES string of the molecule is Oc1ccccc1-c1nc2c(-c3cccc(-c4nccc5ccccc45)c3)cccc2n1-c1ccccc1. The number of aromatic nitrogens is 3. The molecule has 0 aliphatic rings. The highest BCUT2D eigenvalue weighted by Crippen LogP contribution is 2.38. The van der Waals surface area contributed by atoms with Crippen LogP contribution in [0.1, 0.15) is 0 Å². The maximum Gasteiger partial charge on any atom is 0.149 e. The van der Waals surface area contributed by atoms with Crippen LogP contribution in [0.15, 0.2) is 134 Å². The van der Waals surface area contributed by atoms with Crippen molar-refractivity contribution in [1.29, 1.82) is 0 Å². The lowest BCUT2D eigenvalue weighted by Gasteiger charge is -2.11. The number of rotatable bonds is 4. The Hall–Kier alpha value is -5.22. The third-order valence-electron chi connectivity index (χ3n) is 6.97. The van der Waals surface area contributed by atoms with E-state index >= 15 is 0 Å². The van der Waals surface area contributed by atoms with Gasteiger partial charge in [-0.1, -0.05) is 84.9 Å². The highest BCUT2D eigenvalue weighted by atomic mass is 16.3. The van der Waals surface area contributed by atoms with Crippen LogP contribution in [-0.4, -0.2) is 19.6 Å². The summed E-state index contributed by atoms with van der Waals surface area (Å²) in [7, 11) is 0. The van der Waals surface area contributed by atoms with Crippen LogP contribution in [-0.2, 0) is 0 Å². The molecular formula is C34H23N3O. The van der Waals surface area contributed by atoms with Crippen LogP contribution >= 0.6 is 0 Å². The molecular weight excluding hydrogens is 466 g/mol. The quantitative estimate of drug-likeness (QED) is 0.271. The molecule has 0 unspecified atom stereocenters. The number of para-hydroxylation sites is 3. The van der Waals surface area contributed by atoms with Gasteiger partial charge in [0.05, 0.1) is 22.3 Å². The molecule has 0 fully saturated rings. The summed E-state index contributed by atoms with van der Waals surface area (Å²) < 4.78 is 2.12. The molecule has 7 aromatic rings. The number of phenolic OH excluding ortho intramolecular Hbond substituents is 1. The number of aromatic hydroxyl groups is 1. The lowest BCUT2D eigenvalue weighted by atomic mass is 9.98. The van der Waals surface area contributed by atoms with Gasteiger partial charge >= 0.3 is 0 Å². The van der Waals surface area contributed by atoms with E-state index in [1.165, 1.54) is 5.39 Å². The lowest BCUT2D eigenvalue weighted by Crippen LogP contribution is -1.97. The normalized spacial score (nSPS) is 11.3. The zero-order chi connectivity index (χ0) is 25.5. The number of benzene rings is 5. The van der Waals surface area contributed by atoms with E-state index in [0.29, 0.717) is 11.4 Å². The number of imidazole rings is 1. The van der Waals surface area contributed by atoms with Crippen molar-refractivity contribution < 1.29 is 5.11 Å². The van der Waals surface area contributed by atoms with Crippen molar-refractivity contribution in [3.63, 3.8) is 0 Å². The second-order valence-corrected chi connectivity index (χ2v) is 9.26. The molecule has 0 spiro atoms.